The van der Waals surface area contributed by atoms with Gasteiger partial charge < -0.3 is 10.1 Å². The van der Waals surface area contributed by atoms with Crippen LogP contribution < -0.4 is 10.1 Å². The number of ether oxygens (including phenoxy) is 1. The molecule has 1 aromatic rings. The zero-order valence-corrected chi connectivity index (χ0v) is 12.1. The van der Waals surface area contributed by atoms with Crippen molar-refractivity contribution in [2.24, 2.45) is 0 Å². The van der Waals surface area contributed by atoms with Gasteiger partial charge in [0.25, 0.3) is 0 Å². The summed E-state index contributed by atoms with van der Waals surface area (Å²) in [5, 5.41) is 3.23. The van der Waals surface area contributed by atoms with Crippen LogP contribution in [0.25, 0.3) is 0 Å². The van der Waals surface area contributed by atoms with Gasteiger partial charge in [0.05, 0.1) is 11.5 Å². The minimum atomic E-state index is -2.80. The molecule has 5 heteroatoms. The molecule has 1 atom stereocenters. The molecule has 0 aliphatic carbocycles. The van der Waals surface area contributed by atoms with E-state index in [4.69, 9.17) is 4.74 Å². The molecule has 1 aliphatic rings. The van der Waals surface area contributed by atoms with Gasteiger partial charge in [-0.3, -0.25) is 0 Å². The maximum Gasteiger partial charge on any atom is 0.151 e. The van der Waals surface area contributed by atoms with E-state index in [1.807, 2.05) is 18.2 Å². The van der Waals surface area contributed by atoms with Crippen molar-refractivity contribution in [1.82, 2.24) is 5.32 Å². The van der Waals surface area contributed by atoms with Crippen LogP contribution in [-0.2, 0) is 16.3 Å². The Hall–Kier alpha value is -1.07. The van der Waals surface area contributed by atoms with E-state index in [0.717, 1.165) is 12.2 Å². The Bertz CT molecular complexity index is 513. The third-order valence-corrected chi connectivity index (χ3v) is 5.11. The first-order chi connectivity index (χ1) is 9.09. The zero-order valence-electron chi connectivity index (χ0n) is 11.3. The Balaban J connectivity index is 1.69. The fourth-order valence-electron chi connectivity index (χ4n) is 2.24. The summed E-state index contributed by atoms with van der Waals surface area (Å²) in [6, 6.07) is 8.15. The van der Waals surface area contributed by atoms with Crippen LogP contribution >= 0.6 is 0 Å². The number of benzene rings is 1. The molecule has 2 rings (SSSR count). The van der Waals surface area contributed by atoms with Gasteiger partial charge in [-0.05, 0) is 30.5 Å². The molecule has 0 aromatic heterocycles. The van der Waals surface area contributed by atoms with Gasteiger partial charge in [0.15, 0.2) is 9.84 Å². The van der Waals surface area contributed by atoms with E-state index in [1.165, 1.54) is 5.56 Å². The summed E-state index contributed by atoms with van der Waals surface area (Å²) in [6.45, 7) is 3.35. The zero-order chi connectivity index (χ0) is 13.7. The summed E-state index contributed by atoms with van der Waals surface area (Å²) in [4.78, 5) is 0. The fraction of sp³-hybridized carbons (Fsp3) is 0.571. The average molecular weight is 283 g/mol. The van der Waals surface area contributed by atoms with Gasteiger partial charge in [0.2, 0.25) is 0 Å². The molecule has 1 aliphatic heterocycles. The van der Waals surface area contributed by atoms with E-state index >= 15 is 0 Å². The summed E-state index contributed by atoms with van der Waals surface area (Å²) in [7, 11) is -2.80. The van der Waals surface area contributed by atoms with Crippen molar-refractivity contribution in [3.63, 3.8) is 0 Å². The smallest absolute Gasteiger partial charge is 0.151 e. The van der Waals surface area contributed by atoms with Crippen molar-refractivity contribution in [2.45, 2.75) is 25.8 Å². The minimum absolute atomic E-state index is 0.0931. The Morgan fingerprint density at radius 1 is 1.42 bits per heavy atom. The largest absolute Gasteiger partial charge is 0.492 e. The monoisotopic (exact) mass is 283 g/mol. The number of rotatable bonds is 6. The SMILES string of the molecule is CCc1cccc(OCCNC2CCS(=O)(=O)C2)c1. The second kappa shape index (κ2) is 6.39. The average Bonchev–Trinajstić information content (AvgIpc) is 2.74. The van der Waals surface area contributed by atoms with Crippen LogP contribution in [0.15, 0.2) is 24.3 Å². The number of nitrogens with one attached hydrogen (secondary N) is 1. The van der Waals surface area contributed by atoms with Gasteiger partial charge in [-0.2, -0.15) is 0 Å². The minimum Gasteiger partial charge on any atom is -0.492 e. The molecule has 1 saturated heterocycles. The van der Waals surface area contributed by atoms with Crippen molar-refractivity contribution in [1.29, 1.82) is 0 Å². The number of hydrogen-bond acceptors (Lipinski definition) is 4. The molecule has 0 saturated carbocycles. The summed E-state index contributed by atoms with van der Waals surface area (Å²) in [5.74, 6) is 1.45. The number of aryl methyl sites for hydroxylation is 1. The fourth-order valence-corrected chi connectivity index (χ4v) is 3.95. The third kappa shape index (κ3) is 4.51. The van der Waals surface area contributed by atoms with Crippen LogP contribution in [0.2, 0.25) is 0 Å². The Labute approximate surface area is 115 Å². The van der Waals surface area contributed by atoms with Crippen LogP contribution in [0.1, 0.15) is 18.9 Å². The van der Waals surface area contributed by atoms with Gasteiger partial charge >= 0.3 is 0 Å². The van der Waals surface area contributed by atoms with E-state index < -0.39 is 9.84 Å². The summed E-state index contributed by atoms with van der Waals surface area (Å²) in [6.07, 6.45) is 1.71. The van der Waals surface area contributed by atoms with Gasteiger partial charge in [-0.15, -0.1) is 0 Å². The highest BCUT2D eigenvalue weighted by atomic mass is 32.2. The van der Waals surface area contributed by atoms with E-state index in [0.29, 0.717) is 25.3 Å². The Morgan fingerprint density at radius 2 is 2.26 bits per heavy atom. The van der Waals surface area contributed by atoms with E-state index in [1.54, 1.807) is 0 Å². The Kier molecular flexibility index (Phi) is 4.82. The highest BCUT2D eigenvalue weighted by Gasteiger charge is 2.26. The molecule has 1 fully saturated rings. The van der Waals surface area contributed by atoms with Gasteiger partial charge in [-0.25, -0.2) is 8.42 Å². The first-order valence-electron chi connectivity index (χ1n) is 6.74. The van der Waals surface area contributed by atoms with Crippen molar-refractivity contribution in [2.75, 3.05) is 24.7 Å². The van der Waals surface area contributed by atoms with Crippen molar-refractivity contribution in [3.8, 4) is 5.75 Å². The second-order valence-electron chi connectivity index (χ2n) is 4.90. The van der Waals surface area contributed by atoms with Crippen molar-refractivity contribution >= 4 is 9.84 Å². The van der Waals surface area contributed by atoms with Crippen LogP contribution in [0.5, 0.6) is 5.75 Å². The molecule has 106 valence electrons. The highest BCUT2D eigenvalue weighted by Crippen LogP contribution is 2.14. The third-order valence-electron chi connectivity index (χ3n) is 3.34. The predicted molar refractivity (Wildman–Crippen MR) is 76.4 cm³/mol. The van der Waals surface area contributed by atoms with Gasteiger partial charge in [0, 0.05) is 12.6 Å². The van der Waals surface area contributed by atoms with Crippen LogP contribution in [0, 0.1) is 0 Å². The molecule has 1 aromatic carbocycles. The molecule has 19 heavy (non-hydrogen) atoms. The van der Waals surface area contributed by atoms with E-state index in [2.05, 4.69) is 18.3 Å². The van der Waals surface area contributed by atoms with Gasteiger partial charge in [-0.1, -0.05) is 19.1 Å². The van der Waals surface area contributed by atoms with E-state index in [9.17, 15) is 8.42 Å². The lowest BCUT2D eigenvalue weighted by Gasteiger charge is -2.12. The molecule has 1 heterocycles. The molecule has 1 N–H and O–H groups in total. The number of hydrogen-bond donors (Lipinski definition) is 1. The van der Waals surface area contributed by atoms with Crippen LogP contribution in [0.3, 0.4) is 0 Å². The quantitative estimate of drug-likeness (QED) is 0.802. The molecule has 0 radical (unpaired) electrons. The summed E-state index contributed by atoms with van der Waals surface area (Å²) >= 11 is 0. The predicted octanol–water partition coefficient (Wildman–Crippen LogP) is 1.40. The molecule has 0 amide bonds. The molecule has 0 bridgehead atoms. The van der Waals surface area contributed by atoms with Crippen molar-refractivity contribution < 1.29 is 13.2 Å². The normalized spacial score (nSPS) is 21.4. The first kappa shape index (κ1) is 14.3. The van der Waals surface area contributed by atoms with Crippen LogP contribution in [-0.4, -0.2) is 39.1 Å². The number of sulfone groups is 1. The maximum absolute atomic E-state index is 11.3. The summed E-state index contributed by atoms with van der Waals surface area (Å²) < 4.78 is 28.2. The lowest BCUT2D eigenvalue weighted by molar-refractivity contribution is 0.307. The van der Waals surface area contributed by atoms with Gasteiger partial charge in [0.1, 0.15) is 12.4 Å². The molecular formula is C14H21NO3S. The molecular weight excluding hydrogens is 262 g/mol. The second-order valence-corrected chi connectivity index (χ2v) is 7.13. The molecule has 0 spiro atoms. The maximum atomic E-state index is 11.3. The van der Waals surface area contributed by atoms with Crippen molar-refractivity contribution in [3.05, 3.63) is 29.8 Å². The lowest BCUT2D eigenvalue weighted by Crippen LogP contribution is -2.33. The lowest BCUT2D eigenvalue weighted by atomic mass is 10.2. The molecule has 4 nitrogen and oxygen atoms in total. The Morgan fingerprint density at radius 3 is 2.95 bits per heavy atom. The first-order valence-corrected chi connectivity index (χ1v) is 8.57. The van der Waals surface area contributed by atoms with E-state index in [-0.39, 0.29) is 11.8 Å². The molecule has 1 unspecified atom stereocenters. The topological polar surface area (TPSA) is 55.4 Å². The summed E-state index contributed by atoms with van der Waals surface area (Å²) in [5.41, 5.74) is 1.26. The standard InChI is InChI=1S/C14H21NO3S/c1-2-12-4-3-5-14(10-12)18-8-7-15-13-6-9-19(16,17)11-13/h3-5,10,13,15H,2,6-9,11H2,1H3. The van der Waals surface area contributed by atoms with Crippen LogP contribution in [0.4, 0.5) is 0 Å². The highest BCUT2D eigenvalue weighted by molar-refractivity contribution is 7.91.